The lowest BCUT2D eigenvalue weighted by Crippen LogP contribution is -2.02. The molecule has 0 bridgehead atoms. The first-order valence-corrected chi connectivity index (χ1v) is 7.76. The summed E-state index contributed by atoms with van der Waals surface area (Å²) >= 11 is 7.66. The van der Waals surface area contributed by atoms with Crippen LogP contribution in [0.15, 0.2) is 42.0 Å². The van der Waals surface area contributed by atoms with Gasteiger partial charge in [-0.1, -0.05) is 35.6 Å². The molecule has 0 radical (unpaired) electrons. The zero-order chi connectivity index (χ0) is 14.5. The third-order valence-electron chi connectivity index (χ3n) is 2.90. The van der Waals surface area contributed by atoms with E-state index in [2.05, 4.69) is 27.1 Å². The topological polar surface area (TPSA) is 37.8 Å². The van der Waals surface area contributed by atoms with Crippen molar-refractivity contribution in [2.45, 2.75) is 6.42 Å². The SMILES string of the molecule is Clc1ccccc1C#CCCNc1ncnc2sccc12. The van der Waals surface area contributed by atoms with Crippen molar-refractivity contribution >= 4 is 39.0 Å². The highest BCUT2D eigenvalue weighted by Gasteiger charge is 2.02. The van der Waals surface area contributed by atoms with Gasteiger partial charge in [0.2, 0.25) is 0 Å². The van der Waals surface area contributed by atoms with Crippen molar-refractivity contribution < 1.29 is 0 Å². The average Bonchev–Trinajstić information content (AvgIpc) is 2.98. The van der Waals surface area contributed by atoms with E-state index in [-0.39, 0.29) is 0 Å². The van der Waals surface area contributed by atoms with Gasteiger partial charge < -0.3 is 5.32 Å². The second-order valence-corrected chi connectivity index (χ2v) is 5.62. The van der Waals surface area contributed by atoms with Crippen molar-refractivity contribution in [3.63, 3.8) is 0 Å². The summed E-state index contributed by atoms with van der Waals surface area (Å²) in [5.41, 5.74) is 0.862. The number of thiophene rings is 1. The summed E-state index contributed by atoms with van der Waals surface area (Å²) in [7, 11) is 0. The zero-order valence-corrected chi connectivity index (χ0v) is 12.7. The quantitative estimate of drug-likeness (QED) is 0.582. The summed E-state index contributed by atoms with van der Waals surface area (Å²) in [4.78, 5) is 9.48. The van der Waals surface area contributed by atoms with Crippen LogP contribution < -0.4 is 5.32 Å². The molecule has 1 aromatic carbocycles. The van der Waals surface area contributed by atoms with Crippen molar-refractivity contribution in [3.8, 4) is 11.8 Å². The number of nitrogens with zero attached hydrogens (tertiary/aromatic N) is 2. The van der Waals surface area contributed by atoms with E-state index in [0.29, 0.717) is 5.02 Å². The fraction of sp³-hybridized carbons (Fsp3) is 0.125. The van der Waals surface area contributed by atoms with Crippen LogP contribution in [0.1, 0.15) is 12.0 Å². The normalized spacial score (nSPS) is 10.1. The monoisotopic (exact) mass is 313 g/mol. The first-order valence-electron chi connectivity index (χ1n) is 6.50. The number of aromatic nitrogens is 2. The van der Waals surface area contributed by atoms with E-state index in [1.807, 2.05) is 35.7 Å². The van der Waals surface area contributed by atoms with Gasteiger partial charge in [-0.15, -0.1) is 11.3 Å². The Bertz CT molecular complexity index is 817. The molecule has 2 aromatic heterocycles. The van der Waals surface area contributed by atoms with Crippen molar-refractivity contribution in [2.24, 2.45) is 0 Å². The molecule has 0 saturated heterocycles. The Kier molecular flexibility index (Phi) is 4.34. The van der Waals surface area contributed by atoms with Gasteiger partial charge in [0.15, 0.2) is 0 Å². The highest BCUT2D eigenvalue weighted by Crippen LogP contribution is 2.23. The summed E-state index contributed by atoms with van der Waals surface area (Å²) in [6.45, 7) is 0.736. The number of nitrogens with one attached hydrogen (secondary N) is 1. The van der Waals surface area contributed by atoms with Crippen molar-refractivity contribution in [2.75, 3.05) is 11.9 Å². The Morgan fingerprint density at radius 2 is 2.10 bits per heavy atom. The lowest BCUT2D eigenvalue weighted by Gasteiger charge is -2.03. The molecular formula is C16H12ClN3S. The Balaban J connectivity index is 1.60. The van der Waals surface area contributed by atoms with Crippen molar-refractivity contribution in [1.82, 2.24) is 9.97 Å². The molecule has 2 heterocycles. The van der Waals surface area contributed by atoms with Crippen LogP contribution in [0.25, 0.3) is 10.2 Å². The number of hydrogen-bond acceptors (Lipinski definition) is 4. The summed E-state index contributed by atoms with van der Waals surface area (Å²) in [5, 5.41) is 7.06. The number of benzene rings is 1. The Hall–Kier alpha value is -2.09. The van der Waals surface area contributed by atoms with Crippen molar-refractivity contribution in [3.05, 3.63) is 52.6 Å². The second kappa shape index (κ2) is 6.57. The number of hydrogen-bond donors (Lipinski definition) is 1. The lowest BCUT2D eigenvalue weighted by atomic mass is 10.2. The second-order valence-electron chi connectivity index (χ2n) is 4.32. The van der Waals surface area contributed by atoms with Gasteiger partial charge in [0.25, 0.3) is 0 Å². The Labute approximate surface area is 132 Å². The molecule has 0 fully saturated rings. The lowest BCUT2D eigenvalue weighted by molar-refractivity contribution is 1.07. The highest BCUT2D eigenvalue weighted by atomic mass is 35.5. The average molecular weight is 314 g/mol. The molecule has 0 aliphatic heterocycles. The molecule has 0 atom stereocenters. The summed E-state index contributed by atoms with van der Waals surface area (Å²) in [6.07, 6.45) is 2.30. The number of rotatable bonds is 3. The molecule has 3 nitrogen and oxygen atoms in total. The van der Waals surface area contributed by atoms with Crippen LogP contribution in [0, 0.1) is 11.8 Å². The molecule has 0 amide bonds. The maximum atomic E-state index is 6.05. The minimum absolute atomic E-state index is 0.689. The van der Waals surface area contributed by atoms with Gasteiger partial charge in [-0.25, -0.2) is 9.97 Å². The predicted molar refractivity (Wildman–Crippen MR) is 88.9 cm³/mol. The maximum absolute atomic E-state index is 6.05. The summed E-state index contributed by atoms with van der Waals surface area (Å²) in [6, 6.07) is 9.62. The van der Waals surface area contributed by atoms with Gasteiger partial charge in [0.1, 0.15) is 17.0 Å². The molecule has 21 heavy (non-hydrogen) atoms. The zero-order valence-electron chi connectivity index (χ0n) is 11.1. The summed E-state index contributed by atoms with van der Waals surface area (Å²) < 4.78 is 0. The maximum Gasteiger partial charge on any atom is 0.138 e. The molecule has 0 aliphatic carbocycles. The van der Waals surface area contributed by atoms with Crippen LogP contribution in [0.5, 0.6) is 0 Å². The molecule has 104 valence electrons. The van der Waals surface area contributed by atoms with Crippen LogP contribution in [-0.2, 0) is 0 Å². The number of fused-ring (bicyclic) bond motifs is 1. The van der Waals surface area contributed by atoms with Crippen LogP contribution in [0.4, 0.5) is 5.82 Å². The van der Waals surface area contributed by atoms with Gasteiger partial charge >= 0.3 is 0 Å². The largest absolute Gasteiger partial charge is 0.368 e. The van der Waals surface area contributed by atoms with Gasteiger partial charge in [-0.2, -0.15) is 0 Å². The van der Waals surface area contributed by atoms with Gasteiger partial charge in [0.05, 0.1) is 10.4 Å². The van der Waals surface area contributed by atoms with Gasteiger partial charge in [0, 0.05) is 18.5 Å². The van der Waals surface area contributed by atoms with Gasteiger partial charge in [-0.3, -0.25) is 0 Å². The van der Waals surface area contributed by atoms with E-state index >= 15 is 0 Å². The predicted octanol–water partition coefficient (Wildman–Crippen LogP) is 4.20. The van der Waals surface area contributed by atoms with E-state index < -0.39 is 0 Å². The number of halogens is 1. The molecule has 0 unspecified atom stereocenters. The highest BCUT2D eigenvalue weighted by molar-refractivity contribution is 7.16. The van der Waals surface area contributed by atoms with Crippen LogP contribution in [0.3, 0.4) is 0 Å². The fourth-order valence-corrected chi connectivity index (χ4v) is 2.81. The standard InChI is InChI=1S/C16H12ClN3S/c17-14-7-2-1-5-12(14)6-3-4-9-18-15-13-8-10-21-16(13)20-11-19-15/h1-2,5,7-8,10-11H,4,9H2,(H,18,19,20). The number of anilines is 1. The third-order valence-corrected chi connectivity index (χ3v) is 4.05. The van der Waals surface area contributed by atoms with E-state index in [1.54, 1.807) is 17.7 Å². The molecule has 0 saturated carbocycles. The Morgan fingerprint density at radius 1 is 1.19 bits per heavy atom. The van der Waals surface area contributed by atoms with Crippen LogP contribution >= 0.6 is 22.9 Å². The minimum atomic E-state index is 0.689. The van der Waals surface area contributed by atoms with Crippen molar-refractivity contribution in [1.29, 1.82) is 0 Å². The molecule has 0 spiro atoms. The molecule has 3 aromatic rings. The van der Waals surface area contributed by atoms with E-state index in [1.165, 1.54) is 0 Å². The Morgan fingerprint density at radius 3 is 3.00 bits per heavy atom. The molecule has 0 aliphatic rings. The van der Waals surface area contributed by atoms with E-state index in [4.69, 9.17) is 11.6 Å². The first-order chi connectivity index (χ1) is 10.3. The fourth-order valence-electron chi connectivity index (χ4n) is 1.89. The van der Waals surface area contributed by atoms with Crippen LogP contribution in [-0.4, -0.2) is 16.5 Å². The smallest absolute Gasteiger partial charge is 0.138 e. The molecule has 5 heteroatoms. The van der Waals surface area contributed by atoms with E-state index in [0.717, 1.165) is 34.6 Å². The molecular weight excluding hydrogens is 302 g/mol. The third kappa shape index (κ3) is 3.33. The van der Waals surface area contributed by atoms with Gasteiger partial charge in [-0.05, 0) is 23.6 Å². The summed E-state index contributed by atoms with van der Waals surface area (Å²) in [5.74, 6) is 7.06. The van der Waals surface area contributed by atoms with E-state index in [9.17, 15) is 0 Å². The van der Waals surface area contributed by atoms with Crippen LogP contribution in [0.2, 0.25) is 5.02 Å². The molecule has 3 rings (SSSR count). The molecule has 1 N–H and O–H groups in total. The first kappa shape index (κ1) is 13.9. The minimum Gasteiger partial charge on any atom is -0.368 e.